The first-order valence-corrected chi connectivity index (χ1v) is 7.31. The zero-order valence-electron chi connectivity index (χ0n) is 12.0. The average Bonchev–Trinajstić information content (AvgIpc) is 3.14. The summed E-state index contributed by atoms with van der Waals surface area (Å²) in [6.45, 7) is 1.87. The van der Waals surface area contributed by atoms with Crippen LogP contribution in [0.15, 0.2) is 24.3 Å². The van der Waals surface area contributed by atoms with E-state index in [0.717, 1.165) is 16.3 Å². The zero-order chi connectivity index (χ0) is 15.5. The second-order valence-electron chi connectivity index (χ2n) is 4.54. The quantitative estimate of drug-likeness (QED) is 0.731. The standard InChI is InChI=1S/C14H12N6OS/c1-9-16-18-14(22-9)20-13(12(8-15)17-19-20)7-10-3-5-11(21-2)6-4-10/h3-6H,7H2,1-2H3. The summed E-state index contributed by atoms with van der Waals surface area (Å²) in [6, 6.07) is 9.73. The number of benzene rings is 1. The van der Waals surface area contributed by atoms with E-state index in [9.17, 15) is 5.26 Å². The monoisotopic (exact) mass is 312 g/mol. The Balaban J connectivity index is 1.98. The van der Waals surface area contributed by atoms with Gasteiger partial charge in [0.1, 0.15) is 16.8 Å². The van der Waals surface area contributed by atoms with Gasteiger partial charge >= 0.3 is 0 Å². The lowest BCUT2D eigenvalue weighted by atomic mass is 10.1. The van der Waals surface area contributed by atoms with Crippen LogP contribution in [0.5, 0.6) is 5.75 Å². The highest BCUT2D eigenvalue weighted by atomic mass is 32.1. The maximum atomic E-state index is 9.23. The molecule has 0 amide bonds. The van der Waals surface area contributed by atoms with Crippen LogP contribution in [0.2, 0.25) is 0 Å². The van der Waals surface area contributed by atoms with E-state index in [1.54, 1.807) is 11.8 Å². The van der Waals surface area contributed by atoms with Crippen molar-refractivity contribution in [3.05, 3.63) is 46.2 Å². The third-order valence-corrected chi connectivity index (χ3v) is 3.91. The molecule has 0 aliphatic rings. The van der Waals surface area contributed by atoms with Crippen molar-refractivity contribution in [2.24, 2.45) is 0 Å². The number of rotatable bonds is 4. The molecule has 1 aromatic carbocycles. The predicted molar refractivity (Wildman–Crippen MR) is 80.1 cm³/mol. The van der Waals surface area contributed by atoms with Crippen LogP contribution in [0.25, 0.3) is 5.13 Å². The largest absolute Gasteiger partial charge is 0.497 e. The highest BCUT2D eigenvalue weighted by Gasteiger charge is 2.17. The number of nitriles is 1. The second kappa shape index (κ2) is 5.91. The molecule has 0 bridgehead atoms. The number of hydrogen-bond donors (Lipinski definition) is 0. The summed E-state index contributed by atoms with van der Waals surface area (Å²) in [5.74, 6) is 0.788. The van der Waals surface area contributed by atoms with Crippen molar-refractivity contribution in [3.63, 3.8) is 0 Å². The van der Waals surface area contributed by atoms with Gasteiger partial charge in [-0.25, -0.2) is 0 Å². The van der Waals surface area contributed by atoms with Crippen molar-refractivity contribution < 1.29 is 4.74 Å². The van der Waals surface area contributed by atoms with E-state index in [1.807, 2.05) is 31.2 Å². The molecule has 2 aromatic heterocycles. The molecule has 110 valence electrons. The Morgan fingerprint density at radius 1 is 1.23 bits per heavy atom. The molecule has 0 N–H and O–H groups in total. The number of ether oxygens (including phenoxy) is 1. The van der Waals surface area contributed by atoms with Crippen LogP contribution >= 0.6 is 11.3 Å². The van der Waals surface area contributed by atoms with Gasteiger partial charge in [0.05, 0.1) is 12.8 Å². The molecule has 7 nitrogen and oxygen atoms in total. The van der Waals surface area contributed by atoms with Gasteiger partial charge in [0.15, 0.2) is 5.69 Å². The number of aryl methyl sites for hydroxylation is 1. The van der Waals surface area contributed by atoms with Crippen molar-refractivity contribution in [1.82, 2.24) is 25.2 Å². The molecule has 0 aliphatic carbocycles. The number of methoxy groups -OCH3 is 1. The van der Waals surface area contributed by atoms with Crippen LogP contribution in [0, 0.1) is 18.3 Å². The smallest absolute Gasteiger partial charge is 0.234 e. The maximum absolute atomic E-state index is 9.23. The molecule has 0 atom stereocenters. The minimum atomic E-state index is 0.295. The third-order valence-electron chi connectivity index (χ3n) is 3.10. The van der Waals surface area contributed by atoms with Gasteiger partial charge in [-0.2, -0.15) is 9.94 Å². The first-order valence-electron chi connectivity index (χ1n) is 6.49. The van der Waals surface area contributed by atoms with Crippen LogP contribution in [0.3, 0.4) is 0 Å². The molecule has 2 heterocycles. The topological polar surface area (TPSA) is 89.5 Å². The van der Waals surface area contributed by atoms with Crippen LogP contribution in [-0.4, -0.2) is 32.3 Å². The van der Waals surface area contributed by atoms with Crippen LogP contribution in [0.1, 0.15) is 22.0 Å². The number of nitrogens with zero attached hydrogens (tertiary/aromatic N) is 6. The van der Waals surface area contributed by atoms with E-state index in [1.165, 1.54) is 11.3 Å². The summed E-state index contributed by atoms with van der Waals surface area (Å²) in [5, 5.41) is 26.7. The fraction of sp³-hybridized carbons (Fsp3) is 0.214. The van der Waals surface area contributed by atoms with Gasteiger partial charge in [0.25, 0.3) is 0 Å². The maximum Gasteiger partial charge on any atom is 0.234 e. The lowest BCUT2D eigenvalue weighted by Gasteiger charge is -2.05. The molecule has 0 aliphatic heterocycles. The Bertz CT molecular complexity index is 830. The lowest BCUT2D eigenvalue weighted by molar-refractivity contribution is 0.414. The van der Waals surface area contributed by atoms with Crippen molar-refractivity contribution in [3.8, 4) is 17.0 Å². The van der Waals surface area contributed by atoms with E-state index >= 15 is 0 Å². The number of aromatic nitrogens is 5. The lowest BCUT2D eigenvalue weighted by Crippen LogP contribution is -2.04. The summed E-state index contributed by atoms with van der Waals surface area (Å²) in [4.78, 5) is 0. The van der Waals surface area contributed by atoms with Crippen molar-refractivity contribution >= 4 is 11.3 Å². The van der Waals surface area contributed by atoms with E-state index < -0.39 is 0 Å². The average molecular weight is 312 g/mol. The zero-order valence-corrected chi connectivity index (χ0v) is 12.8. The third kappa shape index (κ3) is 2.66. The minimum Gasteiger partial charge on any atom is -0.497 e. The number of hydrogen-bond acceptors (Lipinski definition) is 7. The van der Waals surface area contributed by atoms with Gasteiger partial charge in [-0.3, -0.25) is 0 Å². The van der Waals surface area contributed by atoms with Crippen molar-refractivity contribution in [1.29, 1.82) is 5.26 Å². The molecule has 3 rings (SSSR count). The summed E-state index contributed by atoms with van der Waals surface area (Å²) < 4.78 is 6.72. The van der Waals surface area contributed by atoms with Gasteiger partial charge in [0, 0.05) is 6.42 Å². The first-order chi connectivity index (χ1) is 10.7. The summed E-state index contributed by atoms with van der Waals surface area (Å²) in [7, 11) is 1.62. The molecule has 0 spiro atoms. The molecular weight excluding hydrogens is 300 g/mol. The molecule has 22 heavy (non-hydrogen) atoms. The van der Waals surface area contributed by atoms with Crippen LogP contribution in [-0.2, 0) is 6.42 Å². The van der Waals surface area contributed by atoms with Crippen LogP contribution in [0.4, 0.5) is 0 Å². The van der Waals surface area contributed by atoms with Gasteiger partial charge in [0.2, 0.25) is 5.13 Å². The molecule has 3 aromatic rings. The molecule has 0 fully saturated rings. The fourth-order valence-electron chi connectivity index (χ4n) is 2.01. The molecule has 0 radical (unpaired) electrons. The molecular formula is C14H12N6OS. The van der Waals surface area contributed by atoms with Gasteiger partial charge in [-0.1, -0.05) is 28.7 Å². The van der Waals surface area contributed by atoms with E-state index in [2.05, 4.69) is 26.6 Å². The Hall–Kier alpha value is -2.79. The van der Waals surface area contributed by atoms with Gasteiger partial charge in [-0.05, 0) is 24.6 Å². The van der Waals surface area contributed by atoms with Gasteiger partial charge < -0.3 is 4.74 Å². The Morgan fingerprint density at radius 3 is 2.59 bits per heavy atom. The molecule has 8 heteroatoms. The van der Waals surface area contributed by atoms with E-state index in [-0.39, 0.29) is 0 Å². The minimum absolute atomic E-state index is 0.295. The normalized spacial score (nSPS) is 10.4. The Labute approximate surface area is 130 Å². The van der Waals surface area contributed by atoms with Crippen molar-refractivity contribution in [2.75, 3.05) is 7.11 Å². The summed E-state index contributed by atoms with van der Waals surface area (Å²) in [5.41, 5.74) is 2.02. The highest BCUT2D eigenvalue weighted by Crippen LogP contribution is 2.20. The Morgan fingerprint density at radius 2 is 2.00 bits per heavy atom. The highest BCUT2D eigenvalue weighted by molar-refractivity contribution is 7.13. The Kier molecular flexibility index (Phi) is 3.80. The molecule has 0 unspecified atom stereocenters. The van der Waals surface area contributed by atoms with E-state index in [0.29, 0.717) is 22.9 Å². The summed E-state index contributed by atoms with van der Waals surface area (Å²) >= 11 is 1.40. The fourth-order valence-corrected chi connectivity index (χ4v) is 2.67. The molecule has 0 saturated heterocycles. The van der Waals surface area contributed by atoms with E-state index in [4.69, 9.17) is 4.74 Å². The second-order valence-corrected chi connectivity index (χ2v) is 5.70. The first kappa shape index (κ1) is 14.2. The van der Waals surface area contributed by atoms with Gasteiger partial charge in [-0.15, -0.1) is 15.3 Å². The van der Waals surface area contributed by atoms with Crippen molar-refractivity contribution in [2.45, 2.75) is 13.3 Å². The van der Waals surface area contributed by atoms with Crippen LogP contribution < -0.4 is 4.74 Å². The predicted octanol–water partition coefficient (Wildman–Crippen LogP) is 1.90. The molecule has 0 saturated carbocycles. The SMILES string of the molecule is COc1ccc(Cc2c(C#N)nnn2-c2nnc(C)s2)cc1. The summed E-state index contributed by atoms with van der Waals surface area (Å²) in [6.07, 6.45) is 0.526.